The molecule has 0 amide bonds. The lowest BCUT2D eigenvalue weighted by Crippen LogP contribution is -2.23. The summed E-state index contributed by atoms with van der Waals surface area (Å²) in [7, 11) is 0. The third-order valence-electron chi connectivity index (χ3n) is 4.12. The molecule has 2 aromatic rings. The highest BCUT2D eigenvalue weighted by Crippen LogP contribution is 2.12. The molecule has 0 aliphatic carbocycles. The summed E-state index contributed by atoms with van der Waals surface area (Å²) in [5, 5.41) is 2.27. The van der Waals surface area contributed by atoms with Crippen LogP contribution < -0.4 is 15.2 Å². The van der Waals surface area contributed by atoms with Crippen LogP contribution in [0.1, 0.15) is 30.9 Å². The van der Waals surface area contributed by atoms with Crippen LogP contribution in [-0.4, -0.2) is 19.2 Å². The van der Waals surface area contributed by atoms with Crippen molar-refractivity contribution in [2.75, 3.05) is 13.2 Å². The van der Waals surface area contributed by atoms with Crippen LogP contribution in [0.4, 0.5) is 0 Å². The molecule has 0 heterocycles. The van der Waals surface area contributed by atoms with Crippen LogP contribution in [-0.2, 0) is 9.53 Å². The van der Waals surface area contributed by atoms with Gasteiger partial charge >= 0.3 is 5.97 Å². The van der Waals surface area contributed by atoms with Gasteiger partial charge in [-0.15, -0.1) is 0 Å². The predicted molar refractivity (Wildman–Crippen MR) is 119 cm³/mol. The SMILES string of the molecule is C=C/C=c1/cc(C#Cc2ccc(OCCCCOC(=O)C=C)cc2)cc/c1=C/C. The number of carbonyl (C=O) groups excluding carboxylic acids is 1. The number of hydrogen-bond acceptors (Lipinski definition) is 3. The van der Waals surface area contributed by atoms with Crippen LogP contribution in [0, 0.1) is 11.8 Å². The van der Waals surface area contributed by atoms with Crippen molar-refractivity contribution >= 4 is 18.1 Å². The minimum Gasteiger partial charge on any atom is -0.494 e. The molecule has 2 aromatic carbocycles. The Morgan fingerprint density at radius 3 is 2.34 bits per heavy atom. The van der Waals surface area contributed by atoms with E-state index in [1.165, 1.54) is 6.08 Å². The van der Waals surface area contributed by atoms with E-state index in [-0.39, 0.29) is 0 Å². The van der Waals surface area contributed by atoms with Gasteiger partial charge in [0.05, 0.1) is 13.2 Å². The molecule has 0 saturated carbocycles. The summed E-state index contributed by atoms with van der Waals surface area (Å²) in [6.45, 7) is 10.1. The first-order valence-electron chi connectivity index (χ1n) is 9.59. The van der Waals surface area contributed by atoms with E-state index in [1.807, 2.05) is 43.3 Å². The molecular formula is C26H26O3. The first kappa shape index (κ1) is 21.8. The number of allylic oxidation sites excluding steroid dienone is 1. The molecular weight excluding hydrogens is 360 g/mol. The van der Waals surface area contributed by atoms with Gasteiger partial charge in [-0.2, -0.15) is 0 Å². The summed E-state index contributed by atoms with van der Waals surface area (Å²) in [5.74, 6) is 6.79. The molecule has 0 fully saturated rings. The van der Waals surface area contributed by atoms with E-state index >= 15 is 0 Å². The average molecular weight is 386 g/mol. The zero-order valence-corrected chi connectivity index (χ0v) is 16.8. The summed E-state index contributed by atoms with van der Waals surface area (Å²) >= 11 is 0. The van der Waals surface area contributed by atoms with Crippen molar-refractivity contribution < 1.29 is 14.3 Å². The second-order valence-electron chi connectivity index (χ2n) is 6.24. The molecule has 148 valence electrons. The molecule has 2 rings (SSSR count). The Kier molecular flexibility index (Phi) is 9.05. The van der Waals surface area contributed by atoms with Crippen molar-refractivity contribution in [1.82, 2.24) is 0 Å². The van der Waals surface area contributed by atoms with Gasteiger partial charge in [0.25, 0.3) is 0 Å². The molecule has 0 saturated heterocycles. The molecule has 0 bridgehead atoms. The Morgan fingerprint density at radius 2 is 1.66 bits per heavy atom. The lowest BCUT2D eigenvalue weighted by molar-refractivity contribution is -0.137. The average Bonchev–Trinajstić information content (AvgIpc) is 2.75. The van der Waals surface area contributed by atoms with Gasteiger partial charge in [-0.25, -0.2) is 4.79 Å². The van der Waals surface area contributed by atoms with Crippen LogP contribution in [0.3, 0.4) is 0 Å². The van der Waals surface area contributed by atoms with Crippen molar-refractivity contribution in [1.29, 1.82) is 0 Å². The van der Waals surface area contributed by atoms with Crippen LogP contribution in [0.25, 0.3) is 12.2 Å². The number of carbonyl (C=O) groups is 1. The second kappa shape index (κ2) is 12.0. The molecule has 29 heavy (non-hydrogen) atoms. The zero-order valence-electron chi connectivity index (χ0n) is 16.8. The highest BCUT2D eigenvalue weighted by Gasteiger charge is 1.97. The number of ether oxygens (including phenoxy) is 2. The molecule has 0 spiro atoms. The van der Waals surface area contributed by atoms with Crippen LogP contribution in [0.2, 0.25) is 0 Å². The fourth-order valence-electron chi connectivity index (χ4n) is 2.59. The fraction of sp³-hybridized carbons (Fsp3) is 0.192. The molecule has 0 N–H and O–H groups in total. The summed E-state index contributed by atoms with van der Waals surface area (Å²) < 4.78 is 10.6. The molecule has 3 heteroatoms. The molecule has 3 nitrogen and oxygen atoms in total. The van der Waals surface area contributed by atoms with E-state index in [2.05, 4.69) is 43.2 Å². The number of unbranched alkanes of at least 4 members (excludes halogenated alkanes) is 1. The first-order valence-corrected chi connectivity index (χ1v) is 9.59. The summed E-state index contributed by atoms with van der Waals surface area (Å²) in [4.78, 5) is 10.9. The molecule has 0 aliphatic heterocycles. The topological polar surface area (TPSA) is 35.5 Å². The van der Waals surface area contributed by atoms with E-state index in [9.17, 15) is 4.79 Å². The van der Waals surface area contributed by atoms with Gasteiger partial charge in [0, 0.05) is 17.2 Å². The smallest absolute Gasteiger partial charge is 0.330 e. The maximum absolute atomic E-state index is 10.9. The van der Waals surface area contributed by atoms with Crippen molar-refractivity contribution in [3.63, 3.8) is 0 Å². The third kappa shape index (κ3) is 7.56. The highest BCUT2D eigenvalue weighted by atomic mass is 16.5. The van der Waals surface area contributed by atoms with E-state index in [0.29, 0.717) is 13.2 Å². The number of benzene rings is 2. The molecule has 0 atom stereocenters. The Balaban J connectivity index is 1.89. The van der Waals surface area contributed by atoms with E-state index in [1.54, 1.807) is 6.08 Å². The highest BCUT2D eigenvalue weighted by molar-refractivity contribution is 5.81. The third-order valence-corrected chi connectivity index (χ3v) is 4.12. The van der Waals surface area contributed by atoms with Crippen LogP contribution in [0.15, 0.2) is 67.8 Å². The van der Waals surface area contributed by atoms with E-state index in [4.69, 9.17) is 9.47 Å². The van der Waals surface area contributed by atoms with Gasteiger partial charge in [0.15, 0.2) is 0 Å². The minimum atomic E-state index is -0.391. The normalized spacial score (nSPS) is 11.3. The van der Waals surface area contributed by atoms with Gasteiger partial charge in [0.2, 0.25) is 0 Å². The standard InChI is InChI=1S/C26H26O3/c1-4-9-24-20-22(12-15-23(24)5-2)11-10-21-13-16-25(17-14-21)28-18-7-8-19-29-26(27)6-3/h4-6,9,12-17,20H,1,3,7-8,18-19H2,2H3/b23-5-,24-9-. The van der Waals surface area contributed by atoms with Crippen LogP contribution >= 0.6 is 0 Å². The maximum Gasteiger partial charge on any atom is 0.330 e. The summed E-state index contributed by atoms with van der Waals surface area (Å²) in [6, 6.07) is 13.9. The number of hydrogen-bond donors (Lipinski definition) is 0. The van der Waals surface area contributed by atoms with Crippen molar-refractivity contribution in [2.45, 2.75) is 19.8 Å². The maximum atomic E-state index is 10.9. The van der Waals surface area contributed by atoms with Crippen molar-refractivity contribution in [2.24, 2.45) is 0 Å². The Labute approximate surface area is 172 Å². The Bertz CT molecular complexity index is 1020. The Hall–Kier alpha value is -3.51. The van der Waals surface area contributed by atoms with Crippen LogP contribution in [0.5, 0.6) is 5.75 Å². The van der Waals surface area contributed by atoms with E-state index in [0.717, 1.165) is 40.2 Å². The summed E-state index contributed by atoms with van der Waals surface area (Å²) in [5.41, 5.74) is 1.88. The molecule has 0 unspecified atom stereocenters. The number of rotatable bonds is 8. The molecule has 0 aliphatic rings. The largest absolute Gasteiger partial charge is 0.494 e. The van der Waals surface area contributed by atoms with E-state index < -0.39 is 5.97 Å². The molecule has 0 aromatic heterocycles. The van der Waals surface area contributed by atoms with Gasteiger partial charge in [-0.05, 0) is 66.6 Å². The Morgan fingerprint density at radius 1 is 0.966 bits per heavy atom. The first-order chi connectivity index (χ1) is 14.2. The fourth-order valence-corrected chi connectivity index (χ4v) is 2.59. The second-order valence-corrected chi connectivity index (χ2v) is 6.24. The quantitative estimate of drug-likeness (QED) is 0.300. The van der Waals surface area contributed by atoms with Gasteiger partial charge in [-0.3, -0.25) is 0 Å². The predicted octanol–water partition coefficient (Wildman–Crippen LogP) is 3.74. The van der Waals surface area contributed by atoms with Gasteiger partial charge < -0.3 is 9.47 Å². The lowest BCUT2D eigenvalue weighted by Gasteiger charge is -2.06. The van der Waals surface area contributed by atoms with Crippen molar-refractivity contribution in [3.05, 3.63) is 89.3 Å². The lowest BCUT2D eigenvalue weighted by atomic mass is 10.1. The zero-order chi connectivity index (χ0) is 20.9. The summed E-state index contributed by atoms with van der Waals surface area (Å²) in [6.07, 6.45) is 8.56. The molecule has 0 radical (unpaired) electrons. The minimum absolute atomic E-state index is 0.381. The number of esters is 1. The van der Waals surface area contributed by atoms with Gasteiger partial charge in [-0.1, -0.05) is 49.3 Å². The van der Waals surface area contributed by atoms with Crippen molar-refractivity contribution in [3.8, 4) is 17.6 Å². The van der Waals surface area contributed by atoms with Gasteiger partial charge in [0.1, 0.15) is 5.75 Å². The monoisotopic (exact) mass is 386 g/mol.